The van der Waals surface area contributed by atoms with Crippen molar-refractivity contribution in [3.63, 3.8) is 0 Å². The molecule has 2 aromatic heterocycles. The van der Waals surface area contributed by atoms with Crippen molar-refractivity contribution in [2.75, 3.05) is 13.6 Å². The molecule has 4 nitrogen and oxygen atoms in total. The second-order valence-electron chi connectivity index (χ2n) is 4.37. The Kier molecular flexibility index (Phi) is 3.64. The van der Waals surface area contributed by atoms with E-state index in [1.165, 1.54) is 11.0 Å². The lowest BCUT2D eigenvalue weighted by Crippen LogP contribution is -2.31. The molecule has 19 heavy (non-hydrogen) atoms. The van der Waals surface area contributed by atoms with E-state index >= 15 is 0 Å². The molecular weight excluding hydrogens is 247 g/mol. The fraction of sp³-hybridized carbons (Fsp3) is 0.286. The smallest absolute Gasteiger partial charge is 0.222 e. The van der Waals surface area contributed by atoms with Gasteiger partial charge in [0, 0.05) is 31.4 Å². The SMILES string of the molecule is CCC(=O)N(C)CC(=O)c1ccn2cccc(F)c12. The van der Waals surface area contributed by atoms with Gasteiger partial charge in [-0.05, 0) is 18.2 Å². The number of rotatable bonds is 4. The summed E-state index contributed by atoms with van der Waals surface area (Å²) in [6, 6.07) is 4.46. The lowest BCUT2D eigenvalue weighted by Gasteiger charge is -2.14. The molecular formula is C14H15FN2O2. The van der Waals surface area contributed by atoms with Gasteiger partial charge in [0.25, 0.3) is 0 Å². The van der Waals surface area contributed by atoms with Crippen LogP contribution in [0.2, 0.25) is 0 Å². The van der Waals surface area contributed by atoms with Gasteiger partial charge in [0.2, 0.25) is 5.91 Å². The van der Waals surface area contributed by atoms with Crippen LogP contribution in [0.3, 0.4) is 0 Å². The maximum atomic E-state index is 13.7. The topological polar surface area (TPSA) is 41.8 Å². The van der Waals surface area contributed by atoms with E-state index in [4.69, 9.17) is 0 Å². The lowest BCUT2D eigenvalue weighted by atomic mass is 10.1. The summed E-state index contributed by atoms with van der Waals surface area (Å²) in [5.74, 6) is -0.824. The van der Waals surface area contributed by atoms with Crippen LogP contribution in [0.4, 0.5) is 4.39 Å². The van der Waals surface area contributed by atoms with Crippen LogP contribution in [0.1, 0.15) is 23.7 Å². The summed E-state index contributed by atoms with van der Waals surface area (Å²) in [5.41, 5.74) is 0.554. The number of pyridine rings is 1. The molecule has 0 unspecified atom stereocenters. The first-order chi connectivity index (χ1) is 9.04. The molecule has 100 valence electrons. The molecule has 2 rings (SSSR count). The fourth-order valence-electron chi connectivity index (χ4n) is 2.01. The molecule has 5 heteroatoms. The first kappa shape index (κ1) is 13.3. The Balaban J connectivity index is 2.30. The molecule has 2 aromatic rings. The summed E-state index contributed by atoms with van der Waals surface area (Å²) in [5, 5.41) is 0. The highest BCUT2D eigenvalue weighted by Crippen LogP contribution is 2.17. The summed E-state index contributed by atoms with van der Waals surface area (Å²) in [6.07, 6.45) is 3.65. The number of fused-ring (bicyclic) bond motifs is 1. The van der Waals surface area contributed by atoms with E-state index in [1.54, 1.807) is 42.9 Å². The summed E-state index contributed by atoms with van der Waals surface area (Å²) in [7, 11) is 1.57. The normalized spacial score (nSPS) is 10.7. The number of hydrogen-bond donors (Lipinski definition) is 0. The van der Waals surface area contributed by atoms with Gasteiger partial charge in [0.1, 0.15) is 5.82 Å². The van der Waals surface area contributed by atoms with E-state index in [1.807, 2.05) is 0 Å². The predicted molar refractivity (Wildman–Crippen MR) is 69.6 cm³/mol. The third-order valence-corrected chi connectivity index (χ3v) is 3.04. The number of hydrogen-bond acceptors (Lipinski definition) is 2. The summed E-state index contributed by atoms with van der Waals surface area (Å²) in [4.78, 5) is 24.9. The highest BCUT2D eigenvalue weighted by atomic mass is 19.1. The molecule has 0 radical (unpaired) electrons. The van der Waals surface area contributed by atoms with Crippen molar-refractivity contribution >= 4 is 17.2 Å². The third-order valence-electron chi connectivity index (χ3n) is 3.04. The molecule has 0 aliphatic heterocycles. The van der Waals surface area contributed by atoms with Crippen LogP contribution in [0.5, 0.6) is 0 Å². The van der Waals surface area contributed by atoms with Gasteiger partial charge in [0.15, 0.2) is 5.78 Å². The first-order valence-corrected chi connectivity index (χ1v) is 6.07. The van der Waals surface area contributed by atoms with Crippen LogP contribution in [0.15, 0.2) is 30.6 Å². The Labute approximate surface area is 110 Å². The first-order valence-electron chi connectivity index (χ1n) is 6.07. The zero-order chi connectivity index (χ0) is 14.0. The van der Waals surface area contributed by atoms with Gasteiger partial charge in [-0.15, -0.1) is 0 Å². The quantitative estimate of drug-likeness (QED) is 0.792. The number of Topliss-reactive ketones (excluding diaryl/α,β-unsaturated/α-hetero) is 1. The molecule has 1 amide bonds. The monoisotopic (exact) mass is 262 g/mol. The number of amides is 1. The lowest BCUT2D eigenvalue weighted by molar-refractivity contribution is -0.129. The molecule has 0 saturated heterocycles. The Bertz CT molecular complexity index is 633. The number of carbonyl (C=O) groups is 2. The Morgan fingerprint density at radius 3 is 2.74 bits per heavy atom. The van der Waals surface area contributed by atoms with Crippen molar-refractivity contribution in [2.45, 2.75) is 13.3 Å². The van der Waals surface area contributed by atoms with Crippen molar-refractivity contribution in [1.82, 2.24) is 9.30 Å². The van der Waals surface area contributed by atoms with Crippen LogP contribution in [-0.2, 0) is 4.79 Å². The van der Waals surface area contributed by atoms with Crippen LogP contribution >= 0.6 is 0 Å². The van der Waals surface area contributed by atoms with Gasteiger partial charge in [0.05, 0.1) is 12.1 Å². The van der Waals surface area contributed by atoms with Crippen molar-refractivity contribution < 1.29 is 14.0 Å². The Morgan fingerprint density at radius 2 is 2.05 bits per heavy atom. The van der Waals surface area contributed by atoms with Gasteiger partial charge in [-0.3, -0.25) is 9.59 Å². The Hall–Kier alpha value is -2.17. The van der Waals surface area contributed by atoms with E-state index in [2.05, 4.69) is 0 Å². The van der Waals surface area contributed by atoms with Gasteiger partial charge < -0.3 is 9.30 Å². The Morgan fingerprint density at radius 1 is 1.32 bits per heavy atom. The average molecular weight is 262 g/mol. The second-order valence-corrected chi connectivity index (χ2v) is 4.37. The van der Waals surface area contributed by atoms with Gasteiger partial charge in [-0.25, -0.2) is 4.39 Å². The minimum Gasteiger partial charge on any atom is -0.338 e. The molecule has 0 aromatic carbocycles. The highest BCUT2D eigenvalue weighted by molar-refractivity contribution is 6.05. The summed E-state index contributed by atoms with van der Waals surface area (Å²) >= 11 is 0. The van der Waals surface area contributed by atoms with E-state index < -0.39 is 5.82 Å². The van der Waals surface area contributed by atoms with Crippen LogP contribution < -0.4 is 0 Å². The average Bonchev–Trinajstić information content (AvgIpc) is 2.83. The van der Waals surface area contributed by atoms with E-state index in [-0.39, 0.29) is 23.8 Å². The van der Waals surface area contributed by atoms with Crippen molar-refractivity contribution in [3.05, 3.63) is 42.0 Å². The maximum absolute atomic E-state index is 13.7. The van der Waals surface area contributed by atoms with E-state index in [0.717, 1.165) is 0 Å². The van der Waals surface area contributed by atoms with Crippen LogP contribution in [0.25, 0.3) is 5.52 Å². The van der Waals surface area contributed by atoms with E-state index in [0.29, 0.717) is 12.0 Å². The van der Waals surface area contributed by atoms with Crippen molar-refractivity contribution in [2.24, 2.45) is 0 Å². The molecule has 0 fully saturated rings. The maximum Gasteiger partial charge on any atom is 0.222 e. The highest BCUT2D eigenvalue weighted by Gasteiger charge is 2.17. The molecule has 0 atom stereocenters. The molecule has 2 heterocycles. The molecule has 0 aliphatic carbocycles. The van der Waals surface area contributed by atoms with E-state index in [9.17, 15) is 14.0 Å². The molecule has 0 saturated carbocycles. The van der Waals surface area contributed by atoms with Crippen molar-refractivity contribution in [1.29, 1.82) is 0 Å². The number of nitrogens with zero attached hydrogens (tertiary/aromatic N) is 2. The molecule has 0 N–H and O–H groups in total. The summed E-state index contributed by atoms with van der Waals surface area (Å²) < 4.78 is 15.3. The third kappa shape index (κ3) is 2.50. The van der Waals surface area contributed by atoms with Crippen LogP contribution in [-0.4, -0.2) is 34.6 Å². The number of aromatic nitrogens is 1. The minimum atomic E-state index is -0.444. The number of halogens is 1. The van der Waals surface area contributed by atoms with Gasteiger partial charge >= 0.3 is 0 Å². The standard InChI is InChI=1S/C14H15FN2O2/c1-3-13(19)16(2)9-12(18)10-6-8-17-7-4-5-11(15)14(10)17/h4-8H,3,9H2,1-2H3. The predicted octanol–water partition coefficient (Wildman–Crippen LogP) is 2.13. The zero-order valence-corrected chi connectivity index (χ0v) is 10.9. The minimum absolute atomic E-state index is 0.0410. The molecule has 0 aliphatic rings. The number of ketones is 1. The molecule has 0 bridgehead atoms. The van der Waals surface area contributed by atoms with Crippen molar-refractivity contribution in [3.8, 4) is 0 Å². The zero-order valence-electron chi connectivity index (χ0n) is 10.9. The number of carbonyl (C=O) groups excluding carboxylic acids is 2. The van der Waals surface area contributed by atoms with Gasteiger partial charge in [-0.2, -0.15) is 0 Å². The van der Waals surface area contributed by atoms with Gasteiger partial charge in [-0.1, -0.05) is 6.92 Å². The summed E-state index contributed by atoms with van der Waals surface area (Å²) in [6.45, 7) is 1.69. The largest absolute Gasteiger partial charge is 0.338 e. The van der Waals surface area contributed by atoms with Crippen LogP contribution in [0, 0.1) is 5.82 Å². The fourth-order valence-corrected chi connectivity index (χ4v) is 2.01. The number of likely N-dealkylation sites (N-methyl/N-ethyl adjacent to an activating group) is 1. The molecule has 0 spiro atoms. The second kappa shape index (κ2) is 5.22.